The van der Waals surface area contributed by atoms with E-state index in [2.05, 4.69) is 44.7 Å². The molecule has 0 fully saturated rings. The number of amides is 1. The van der Waals surface area contributed by atoms with Crippen molar-refractivity contribution in [3.63, 3.8) is 0 Å². The minimum atomic E-state index is -0.299. The molecule has 0 aliphatic carbocycles. The second-order valence-electron chi connectivity index (χ2n) is 23.3. The maximum Gasteiger partial charge on any atom is 0.309 e. The summed E-state index contributed by atoms with van der Waals surface area (Å²) in [5, 5.41) is 0. The third-order valence-electron chi connectivity index (χ3n) is 16.0. The number of carbonyl (C=O) groups excluding carboxylic acids is 2. The van der Waals surface area contributed by atoms with Crippen molar-refractivity contribution in [3.05, 3.63) is 12.2 Å². The Labute approximate surface area is 454 Å². The van der Waals surface area contributed by atoms with E-state index >= 15 is 0 Å². The van der Waals surface area contributed by atoms with Crippen LogP contribution in [-0.4, -0.2) is 36.5 Å². The SMILES string of the molecule is CCCCCCCCCCCCCCCCCCCCCCCCCCCCCC/C=C/CCCCCCCCC(CC(=O)N(CCCCCCCC)CCCCCCCC)C(=O)OCCCCCCCC. The molecule has 0 aliphatic heterocycles. The molecule has 1 atom stereocenters. The minimum Gasteiger partial charge on any atom is -0.465 e. The third-order valence-corrected chi connectivity index (χ3v) is 16.0. The highest BCUT2D eigenvalue weighted by molar-refractivity contribution is 5.83. The first-order valence-electron chi connectivity index (χ1n) is 33.7. The molecular weight excluding hydrogens is 879 g/mol. The number of hydrogen-bond donors (Lipinski definition) is 0. The molecule has 72 heavy (non-hydrogen) atoms. The van der Waals surface area contributed by atoms with E-state index in [4.69, 9.17) is 4.74 Å². The molecule has 0 heterocycles. The normalized spacial score (nSPS) is 12.1. The predicted octanol–water partition coefficient (Wildman–Crippen LogP) is 23.5. The van der Waals surface area contributed by atoms with Gasteiger partial charge < -0.3 is 9.64 Å². The van der Waals surface area contributed by atoms with Crippen molar-refractivity contribution in [2.24, 2.45) is 5.92 Å². The van der Waals surface area contributed by atoms with E-state index in [1.807, 2.05) is 0 Å². The maximum atomic E-state index is 13.9. The summed E-state index contributed by atoms with van der Waals surface area (Å²) >= 11 is 0. The van der Waals surface area contributed by atoms with Crippen molar-refractivity contribution in [1.29, 1.82) is 0 Å². The number of nitrogens with zero attached hydrogens (tertiary/aromatic N) is 1. The largest absolute Gasteiger partial charge is 0.465 e. The van der Waals surface area contributed by atoms with Crippen molar-refractivity contribution in [2.45, 2.75) is 387 Å². The number of esters is 1. The molecule has 4 nitrogen and oxygen atoms in total. The van der Waals surface area contributed by atoms with Crippen LogP contribution in [0.25, 0.3) is 0 Å². The summed E-state index contributed by atoms with van der Waals surface area (Å²) < 4.78 is 5.87. The summed E-state index contributed by atoms with van der Waals surface area (Å²) in [6.07, 6.45) is 78.3. The summed E-state index contributed by atoms with van der Waals surface area (Å²) in [4.78, 5) is 29.5. The lowest BCUT2D eigenvalue weighted by Crippen LogP contribution is -2.35. The molecule has 0 saturated heterocycles. The van der Waals surface area contributed by atoms with E-state index in [-0.39, 0.29) is 17.8 Å². The Morgan fingerprint density at radius 2 is 0.569 bits per heavy atom. The molecule has 0 aromatic carbocycles. The van der Waals surface area contributed by atoms with Crippen LogP contribution in [0.2, 0.25) is 0 Å². The third kappa shape index (κ3) is 54.9. The molecule has 0 bridgehead atoms. The van der Waals surface area contributed by atoms with E-state index in [0.717, 1.165) is 58.0 Å². The lowest BCUT2D eigenvalue weighted by molar-refractivity contribution is -0.152. The average Bonchev–Trinajstić information content (AvgIpc) is 3.38. The first-order chi connectivity index (χ1) is 35.6. The molecule has 0 aromatic heterocycles. The Kier molecular flexibility index (Phi) is 61.1. The molecule has 428 valence electrons. The highest BCUT2D eigenvalue weighted by Gasteiger charge is 2.26. The smallest absolute Gasteiger partial charge is 0.309 e. The number of carbonyl (C=O) groups is 2. The first kappa shape index (κ1) is 70.7. The predicted molar refractivity (Wildman–Crippen MR) is 321 cm³/mol. The highest BCUT2D eigenvalue weighted by Crippen LogP contribution is 2.22. The second kappa shape index (κ2) is 62.2. The Hall–Kier alpha value is -1.32. The van der Waals surface area contributed by atoms with Crippen molar-refractivity contribution in [2.75, 3.05) is 19.7 Å². The highest BCUT2D eigenvalue weighted by atomic mass is 16.5. The number of ether oxygens (including phenoxy) is 1. The van der Waals surface area contributed by atoms with E-state index in [9.17, 15) is 9.59 Å². The van der Waals surface area contributed by atoms with Crippen LogP contribution in [0.5, 0.6) is 0 Å². The summed E-state index contributed by atoms with van der Waals surface area (Å²) in [5.41, 5.74) is 0. The molecule has 1 unspecified atom stereocenters. The molecule has 0 aliphatic rings. The first-order valence-corrected chi connectivity index (χ1v) is 33.7. The lowest BCUT2D eigenvalue weighted by Gasteiger charge is -2.25. The van der Waals surface area contributed by atoms with Crippen LogP contribution in [0.1, 0.15) is 387 Å². The van der Waals surface area contributed by atoms with E-state index in [0.29, 0.717) is 13.0 Å². The topological polar surface area (TPSA) is 46.6 Å². The zero-order valence-electron chi connectivity index (χ0n) is 50.1. The van der Waals surface area contributed by atoms with Gasteiger partial charge in [0.2, 0.25) is 5.91 Å². The molecule has 0 radical (unpaired) electrons. The zero-order chi connectivity index (χ0) is 52.2. The van der Waals surface area contributed by atoms with E-state index in [1.165, 1.54) is 308 Å². The van der Waals surface area contributed by atoms with Gasteiger partial charge in [0, 0.05) is 19.5 Å². The Bertz CT molecular complexity index is 1060. The summed E-state index contributed by atoms with van der Waals surface area (Å²) in [7, 11) is 0. The summed E-state index contributed by atoms with van der Waals surface area (Å²) in [6, 6.07) is 0. The summed E-state index contributed by atoms with van der Waals surface area (Å²) in [5.74, 6) is -0.236. The van der Waals surface area contributed by atoms with Crippen LogP contribution in [0.15, 0.2) is 12.2 Å². The Morgan fingerprint density at radius 1 is 0.319 bits per heavy atom. The van der Waals surface area contributed by atoms with Crippen LogP contribution in [-0.2, 0) is 14.3 Å². The molecule has 4 heteroatoms. The van der Waals surface area contributed by atoms with E-state index < -0.39 is 0 Å². The fraction of sp³-hybridized carbons (Fsp3) is 0.941. The Morgan fingerprint density at radius 3 is 0.875 bits per heavy atom. The number of allylic oxidation sites excluding steroid dienone is 2. The van der Waals surface area contributed by atoms with Gasteiger partial charge in [0.05, 0.1) is 12.5 Å². The van der Waals surface area contributed by atoms with Crippen molar-refractivity contribution < 1.29 is 14.3 Å². The Balaban J connectivity index is 4.04. The monoisotopic (exact) mass is 1010 g/mol. The van der Waals surface area contributed by atoms with Crippen LogP contribution >= 0.6 is 0 Å². The van der Waals surface area contributed by atoms with Gasteiger partial charge in [-0.15, -0.1) is 0 Å². The van der Waals surface area contributed by atoms with Gasteiger partial charge in [-0.3, -0.25) is 9.59 Å². The van der Waals surface area contributed by atoms with Gasteiger partial charge in [-0.05, 0) is 51.4 Å². The fourth-order valence-corrected chi connectivity index (χ4v) is 10.9. The molecule has 1 amide bonds. The van der Waals surface area contributed by atoms with Crippen molar-refractivity contribution in [1.82, 2.24) is 4.90 Å². The number of hydrogen-bond acceptors (Lipinski definition) is 3. The quantitative estimate of drug-likeness (QED) is 0.0346. The van der Waals surface area contributed by atoms with Crippen molar-refractivity contribution in [3.8, 4) is 0 Å². The van der Waals surface area contributed by atoms with Gasteiger partial charge in [0.1, 0.15) is 0 Å². The second-order valence-corrected chi connectivity index (χ2v) is 23.3. The molecule has 0 spiro atoms. The molecule has 0 aromatic rings. The van der Waals surface area contributed by atoms with E-state index in [1.54, 1.807) is 0 Å². The molecule has 0 rings (SSSR count). The fourth-order valence-electron chi connectivity index (χ4n) is 10.9. The number of rotatable bonds is 62. The van der Waals surface area contributed by atoms with Gasteiger partial charge in [0.25, 0.3) is 0 Å². The number of unbranched alkanes of at least 4 members (excludes halogenated alkanes) is 49. The minimum absolute atomic E-state index is 0.121. The van der Waals surface area contributed by atoms with Gasteiger partial charge in [-0.2, -0.15) is 0 Å². The van der Waals surface area contributed by atoms with Crippen molar-refractivity contribution >= 4 is 11.9 Å². The van der Waals surface area contributed by atoms with Gasteiger partial charge >= 0.3 is 5.97 Å². The lowest BCUT2D eigenvalue weighted by atomic mass is 9.96. The standard InChI is InChI=1S/C68H133NO3/c1-5-9-13-17-21-22-23-24-25-26-27-28-29-30-31-32-33-34-35-36-37-38-39-40-41-42-43-44-45-46-47-48-49-50-51-52-53-57-61-66(68(71)72-64-60-56-20-16-12-8-4)65-67(70)69(62-58-54-18-14-10-6-2)63-59-55-19-15-11-7-3/h46-47,66H,5-45,48-65H2,1-4H3/b47-46+. The molecule has 0 N–H and O–H groups in total. The van der Waals surface area contributed by atoms with Crippen LogP contribution in [0.3, 0.4) is 0 Å². The van der Waals surface area contributed by atoms with Gasteiger partial charge in [0.15, 0.2) is 0 Å². The summed E-state index contributed by atoms with van der Waals surface area (Å²) in [6.45, 7) is 11.3. The van der Waals surface area contributed by atoms with Gasteiger partial charge in [-0.1, -0.05) is 342 Å². The van der Waals surface area contributed by atoms with Gasteiger partial charge in [-0.25, -0.2) is 0 Å². The van der Waals surface area contributed by atoms with Crippen LogP contribution in [0, 0.1) is 5.92 Å². The van der Waals surface area contributed by atoms with Crippen LogP contribution in [0.4, 0.5) is 0 Å². The molecular formula is C68H133NO3. The zero-order valence-corrected chi connectivity index (χ0v) is 50.1. The van der Waals surface area contributed by atoms with Crippen LogP contribution < -0.4 is 0 Å². The average molecular weight is 1010 g/mol. The maximum absolute atomic E-state index is 13.9. The molecule has 0 saturated carbocycles.